The number of hydrogen-bond acceptors (Lipinski definition) is 5. The molecule has 3 unspecified atom stereocenters. The Hall–Kier alpha value is -3.30. The second kappa shape index (κ2) is 9.90. The molecule has 9 heteroatoms. The number of nitrogens with zero attached hydrogens (tertiary/aromatic N) is 3. The number of carbonyl (C=O) groups excluding carboxylic acids is 3. The normalized spacial score (nSPS) is 22.8. The van der Waals surface area contributed by atoms with Gasteiger partial charge in [-0.25, -0.2) is 19.6 Å². The fourth-order valence-electron chi connectivity index (χ4n) is 4.63. The van der Waals surface area contributed by atoms with Crippen LogP contribution in [0.2, 0.25) is 0 Å². The molecule has 3 atom stereocenters. The number of urea groups is 1. The summed E-state index contributed by atoms with van der Waals surface area (Å²) >= 11 is 0. The van der Waals surface area contributed by atoms with E-state index in [1.165, 1.54) is 17.0 Å². The van der Waals surface area contributed by atoms with Crippen molar-refractivity contribution in [1.29, 1.82) is 0 Å². The molecule has 2 N–H and O–H groups in total. The maximum atomic E-state index is 13.5. The summed E-state index contributed by atoms with van der Waals surface area (Å²) in [4.78, 5) is 42.3. The van der Waals surface area contributed by atoms with Crippen molar-refractivity contribution < 1.29 is 18.8 Å². The number of aryl methyl sites for hydroxylation is 1. The molecule has 0 spiro atoms. The Morgan fingerprint density at radius 3 is 2.35 bits per heavy atom. The van der Waals surface area contributed by atoms with Gasteiger partial charge in [0.2, 0.25) is 5.91 Å². The van der Waals surface area contributed by atoms with Gasteiger partial charge in [0.1, 0.15) is 18.4 Å². The highest BCUT2D eigenvalue weighted by molar-refractivity contribution is 6.02. The molecule has 2 aliphatic rings. The molecule has 2 aromatic rings. The van der Waals surface area contributed by atoms with Crippen LogP contribution in [0.25, 0.3) is 0 Å². The van der Waals surface area contributed by atoms with Crippen LogP contribution < -0.4 is 10.7 Å². The summed E-state index contributed by atoms with van der Waals surface area (Å²) in [6, 6.07) is 11.7. The number of fused-ring (bicyclic) bond motifs is 1. The Morgan fingerprint density at radius 2 is 1.71 bits per heavy atom. The van der Waals surface area contributed by atoms with Gasteiger partial charge in [0.25, 0.3) is 5.91 Å². The fraction of sp³-hybridized carbons (Fsp3) is 0.400. The van der Waals surface area contributed by atoms with Gasteiger partial charge in [-0.1, -0.05) is 48.9 Å². The molecule has 0 aromatic heterocycles. The molecule has 0 radical (unpaired) electrons. The number of likely N-dealkylation sites (N-methyl/N-ethyl adjacent to an activating group) is 1. The molecular formula is C25H30FN5O3. The zero-order valence-electron chi connectivity index (χ0n) is 19.6. The smallest absolute Gasteiger partial charge is 0.327 e. The van der Waals surface area contributed by atoms with E-state index in [4.69, 9.17) is 0 Å². The van der Waals surface area contributed by atoms with Crippen molar-refractivity contribution >= 4 is 17.8 Å². The zero-order chi connectivity index (χ0) is 24.4. The molecule has 2 heterocycles. The number of benzene rings is 2. The lowest BCUT2D eigenvalue weighted by Crippen LogP contribution is -2.67. The van der Waals surface area contributed by atoms with Gasteiger partial charge in [-0.3, -0.25) is 14.5 Å². The summed E-state index contributed by atoms with van der Waals surface area (Å²) in [5.74, 6) is -1.02. The summed E-state index contributed by atoms with van der Waals surface area (Å²) in [7, 11) is 0. The van der Waals surface area contributed by atoms with Crippen molar-refractivity contribution in [2.45, 2.75) is 52.0 Å². The molecule has 180 valence electrons. The third kappa shape index (κ3) is 4.80. The quantitative estimate of drug-likeness (QED) is 0.652. The SMILES string of the molecule is CCN1NC(C)C2C1C(=O)N(Cc1ccc(F)cc1)C(=O)N2CC(=O)NCc1ccc(C)cc1. The summed E-state index contributed by atoms with van der Waals surface area (Å²) in [5.41, 5.74) is 5.99. The number of hydrazine groups is 1. The van der Waals surface area contributed by atoms with Crippen molar-refractivity contribution in [3.63, 3.8) is 0 Å². The minimum absolute atomic E-state index is 0.00852. The van der Waals surface area contributed by atoms with Gasteiger partial charge in [-0.2, -0.15) is 0 Å². The van der Waals surface area contributed by atoms with E-state index in [1.54, 1.807) is 12.1 Å². The molecule has 0 bridgehead atoms. The Labute approximate surface area is 198 Å². The minimum Gasteiger partial charge on any atom is -0.350 e. The van der Waals surface area contributed by atoms with Gasteiger partial charge in [0.15, 0.2) is 0 Å². The molecule has 0 aliphatic carbocycles. The highest BCUT2D eigenvalue weighted by Gasteiger charge is 2.54. The van der Waals surface area contributed by atoms with E-state index in [-0.39, 0.29) is 30.9 Å². The molecule has 34 heavy (non-hydrogen) atoms. The Morgan fingerprint density at radius 1 is 1.06 bits per heavy atom. The molecule has 2 aliphatic heterocycles. The van der Waals surface area contributed by atoms with Crippen molar-refractivity contribution in [3.8, 4) is 0 Å². The minimum atomic E-state index is -0.608. The van der Waals surface area contributed by atoms with Gasteiger partial charge in [0, 0.05) is 19.1 Å². The van der Waals surface area contributed by atoms with Gasteiger partial charge in [-0.05, 0) is 37.1 Å². The predicted octanol–water partition coefficient (Wildman–Crippen LogP) is 2.18. The van der Waals surface area contributed by atoms with E-state index in [1.807, 2.05) is 50.0 Å². The van der Waals surface area contributed by atoms with Crippen molar-refractivity contribution in [3.05, 3.63) is 71.0 Å². The largest absolute Gasteiger partial charge is 0.350 e. The maximum Gasteiger partial charge on any atom is 0.327 e. The average molecular weight is 468 g/mol. The number of hydrogen-bond donors (Lipinski definition) is 2. The molecule has 2 fully saturated rings. The zero-order valence-corrected chi connectivity index (χ0v) is 19.6. The number of nitrogens with one attached hydrogen (secondary N) is 2. The van der Waals surface area contributed by atoms with Crippen LogP contribution in [0.3, 0.4) is 0 Å². The third-order valence-corrected chi connectivity index (χ3v) is 6.42. The Bertz CT molecular complexity index is 1060. The Balaban J connectivity index is 1.53. The number of amides is 4. The molecule has 0 saturated carbocycles. The van der Waals surface area contributed by atoms with Crippen LogP contribution in [0.1, 0.15) is 30.5 Å². The van der Waals surface area contributed by atoms with Crippen LogP contribution in [-0.2, 0) is 22.7 Å². The fourth-order valence-corrected chi connectivity index (χ4v) is 4.63. The lowest BCUT2D eigenvalue weighted by Gasteiger charge is -2.43. The predicted molar refractivity (Wildman–Crippen MR) is 125 cm³/mol. The van der Waals surface area contributed by atoms with E-state index in [9.17, 15) is 18.8 Å². The van der Waals surface area contributed by atoms with E-state index >= 15 is 0 Å². The van der Waals surface area contributed by atoms with Crippen LogP contribution in [0.4, 0.5) is 9.18 Å². The first kappa shape index (κ1) is 23.8. The number of carbonyl (C=O) groups is 3. The summed E-state index contributed by atoms with van der Waals surface area (Å²) in [6.07, 6.45) is 0. The summed E-state index contributed by atoms with van der Waals surface area (Å²) < 4.78 is 13.3. The third-order valence-electron chi connectivity index (χ3n) is 6.42. The maximum absolute atomic E-state index is 13.5. The average Bonchev–Trinajstić information content (AvgIpc) is 3.16. The van der Waals surface area contributed by atoms with Crippen LogP contribution in [0.5, 0.6) is 0 Å². The first-order valence-corrected chi connectivity index (χ1v) is 11.5. The lowest BCUT2D eigenvalue weighted by atomic mass is 9.97. The van der Waals surface area contributed by atoms with Crippen molar-refractivity contribution in [1.82, 2.24) is 25.6 Å². The van der Waals surface area contributed by atoms with Gasteiger partial charge in [0.05, 0.1) is 12.6 Å². The van der Waals surface area contributed by atoms with E-state index in [0.29, 0.717) is 18.7 Å². The number of halogens is 1. The molecule has 2 aromatic carbocycles. The van der Waals surface area contributed by atoms with Gasteiger partial charge < -0.3 is 10.2 Å². The van der Waals surface area contributed by atoms with Gasteiger partial charge >= 0.3 is 6.03 Å². The molecule has 4 amide bonds. The van der Waals surface area contributed by atoms with Crippen LogP contribution in [-0.4, -0.2) is 63.9 Å². The van der Waals surface area contributed by atoms with E-state index in [0.717, 1.165) is 16.0 Å². The van der Waals surface area contributed by atoms with E-state index < -0.39 is 23.9 Å². The van der Waals surface area contributed by atoms with E-state index in [2.05, 4.69) is 10.7 Å². The van der Waals surface area contributed by atoms with Crippen LogP contribution in [0.15, 0.2) is 48.5 Å². The number of rotatable bonds is 7. The molecule has 2 saturated heterocycles. The monoisotopic (exact) mass is 467 g/mol. The second-order valence-electron chi connectivity index (χ2n) is 8.86. The van der Waals surface area contributed by atoms with Crippen LogP contribution >= 0.6 is 0 Å². The second-order valence-corrected chi connectivity index (χ2v) is 8.86. The van der Waals surface area contributed by atoms with Crippen molar-refractivity contribution in [2.24, 2.45) is 0 Å². The highest BCUT2D eigenvalue weighted by Crippen LogP contribution is 2.29. The van der Waals surface area contributed by atoms with Crippen molar-refractivity contribution in [2.75, 3.05) is 13.1 Å². The standard InChI is InChI=1S/C25H30FN5O3/c1-4-31-23-22(17(3)28-31)29(15-21(32)27-13-18-7-5-16(2)6-8-18)25(34)30(24(23)33)14-19-9-11-20(26)12-10-19/h5-12,17,22-23,28H,4,13-15H2,1-3H3,(H,27,32). The summed E-state index contributed by atoms with van der Waals surface area (Å²) in [5, 5.41) is 4.69. The number of imide groups is 1. The molecule has 8 nitrogen and oxygen atoms in total. The first-order valence-electron chi connectivity index (χ1n) is 11.5. The Kier molecular flexibility index (Phi) is 6.95. The topological polar surface area (TPSA) is 85.0 Å². The van der Waals surface area contributed by atoms with Crippen LogP contribution in [0, 0.1) is 12.7 Å². The molecular weight excluding hydrogens is 437 g/mol. The van der Waals surface area contributed by atoms with Gasteiger partial charge in [-0.15, -0.1) is 0 Å². The molecule has 4 rings (SSSR count). The lowest BCUT2D eigenvalue weighted by molar-refractivity contribution is -0.140. The highest BCUT2D eigenvalue weighted by atomic mass is 19.1. The summed E-state index contributed by atoms with van der Waals surface area (Å²) in [6.45, 7) is 6.58. The first-order chi connectivity index (χ1) is 16.3.